The molecule has 3 aromatic rings. The van der Waals surface area contributed by atoms with Crippen LogP contribution in [0.1, 0.15) is 38.2 Å². The van der Waals surface area contributed by atoms with Gasteiger partial charge < -0.3 is 4.42 Å². The van der Waals surface area contributed by atoms with Crippen LogP contribution in [0.15, 0.2) is 58.2 Å². The summed E-state index contributed by atoms with van der Waals surface area (Å²) in [7, 11) is -3.98. The van der Waals surface area contributed by atoms with E-state index in [1.54, 1.807) is 0 Å². The van der Waals surface area contributed by atoms with Gasteiger partial charge in [-0.15, -0.1) is 0 Å². The summed E-state index contributed by atoms with van der Waals surface area (Å²) in [4.78, 5) is 3.92. The summed E-state index contributed by atoms with van der Waals surface area (Å²) in [5.41, 5.74) is -0.164. The molecule has 1 aliphatic rings. The largest absolute Gasteiger partial charge is 0.444 e. The molecule has 1 heterocycles. The molecule has 1 saturated carbocycles. The first kappa shape index (κ1) is 22.9. The summed E-state index contributed by atoms with van der Waals surface area (Å²) in [5.74, 6) is -1.41. The Bertz CT molecular complexity index is 1180. The molecule has 2 aromatic carbocycles. The molecule has 0 aliphatic heterocycles. The average molecular weight is 481 g/mol. The first-order valence-corrected chi connectivity index (χ1v) is 12.2. The Morgan fingerprint density at radius 1 is 1.12 bits per heavy atom. The van der Waals surface area contributed by atoms with E-state index < -0.39 is 21.7 Å². The minimum absolute atomic E-state index is 0.0421. The van der Waals surface area contributed by atoms with Crippen LogP contribution >= 0.6 is 11.6 Å². The van der Waals surface area contributed by atoms with Crippen molar-refractivity contribution in [3.8, 4) is 11.5 Å². The zero-order chi connectivity index (χ0) is 22.9. The smallest absolute Gasteiger partial charge is 0.243 e. The Kier molecular flexibility index (Phi) is 6.65. The van der Waals surface area contributed by atoms with E-state index in [4.69, 9.17) is 16.0 Å². The van der Waals surface area contributed by atoms with Crippen molar-refractivity contribution in [3.05, 3.63) is 71.1 Å². The maximum Gasteiger partial charge on any atom is 0.243 e. The van der Waals surface area contributed by atoms with E-state index in [2.05, 4.69) is 4.98 Å². The fraction of sp³-hybridized carbons (Fsp3) is 0.348. The first-order chi connectivity index (χ1) is 15.3. The lowest BCUT2D eigenvalue weighted by Crippen LogP contribution is -2.44. The van der Waals surface area contributed by atoms with Gasteiger partial charge in [0.2, 0.25) is 15.9 Å². The van der Waals surface area contributed by atoms with Crippen molar-refractivity contribution >= 4 is 21.6 Å². The SMILES string of the molecule is C[C@@H]1CCCC[C@H]1N(Cc1cc(F)c(-c2ncco2)cc1F)S(=O)(=O)c1ccc(Cl)cc1. The molecule has 1 fully saturated rings. The maximum atomic E-state index is 15.0. The lowest BCUT2D eigenvalue weighted by Gasteiger charge is -2.38. The van der Waals surface area contributed by atoms with Crippen LogP contribution in [0.25, 0.3) is 11.5 Å². The molecule has 2 atom stereocenters. The molecule has 0 spiro atoms. The Balaban J connectivity index is 1.74. The molecule has 0 radical (unpaired) electrons. The number of sulfonamides is 1. The van der Waals surface area contributed by atoms with Gasteiger partial charge in [-0.25, -0.2) is 22.2 Å². The summed E-state index contributed by atoms with van der Waals surface area (Å²) in [5, 5.41) is 0.414. The highest BCUT2D eigenvalue weighted by Gasteiger charge is 2.36. The molecule has 170 valence electrons. The Morgan fingerprint density at radius 2 is 1.84 bits per heavy atom. The molecule has 0 N–H and O–H groups in total. The fourth-order valence-corrected chi connectivity index (χ4v) is 6.10. The molecule has 0 unspecified atom stereocenters. The highest BCUT2D eigenvalue weighted by molar-refractivity contribution is 7.89. The van der Waals surface area contributed by atoms with E-state index in [9.17, 15) is 12.8 Å². The predicted molar refractivity (Wildman–Crippen MR) is 117 cm³/mol. The minimum Gasteiger partial charge on any atom is -0.444 e. The van der Waals surface area contributed by atoms with E-state index in [1.165, 1.54) is 41.0 Å². The predicted octanol–water partition coefficient (Wildman–Crippen LogP) is 6.04. The molecule has 0 bridgehead atoms. The van der Waals surface area contributed by atoms with Gasteiger partial charge >= 0.3 is 0 Å². The Hall–Kier alpha value is -2.29. The number of hydrogen-bond acceptors (Lipinski definition) is 4. The van der Waals surface area contributed by atoms with Gasteiger partial charge in [-0.3, -0.25) is 0 Å². The van der Waals surface area contributed by atoms with Crippen LogP contribution in [-0.2, 0) is 16.6 Å². The second kappa shape index (κ2) is 9.29. The Morgan fingerprint density at radius 3 is 2.50 bits per heavy atom. The van der Waals surface area contributed by atoms with Crippen molar-refractivity contribution < 1.29 is 21.6 Å². The number of halogens is 3. The molecule has 4 rings (SSSR count). The summed E-state index contributed by atoms with van der Waals surface area (Å²) in [6, 6.07) is 7.56. The van der Waals surface area contributed by atoms with Gasteiger partial charge in [-0.05, 0) is 55.2 Å². The van der Waals surface area contributed by atoms with Gasteiger partial charge in [0, 0.05) is 23.2 Å². The van der Waals surface area contributed by atoms with E-state index in [0.29, 0.717) is 11.4 Å². The van der Waals surface area contributed by atoms with Crippen LogP contribution in [0, 0.1) is 17.6 Å². The average Bonchev–Trinajstić information content (AvgIpc) is 3.29. The van der Waals surface area contributed by atoms with Crippen LogP contribution in [0.2, 0.25) is 5.02 Å². The van der Waals surface area contributed by atoms with Crippen LogP contribution in [0.5, 0.6) is 0 Å². The monoisotopic (exact) mass is 480 g/mol. The zero-order valence-electron chi connectivity index (χ0n) is 17.5. The summed E-state index contributed by atoms with van der Waals surface area (Å²) >= 11 is 5.93. The molecule has 32 heavy (non-hydrogen) atoms. The second-order valence-electron chi connectivity index (χ2n) is 8.09. The van der Waals surface area contributed by atoms with Gasteiger partial charge in [-0.2, -0.15) is 4.31 Å². The standard InChI is InChI=1S/C23H23ClF2N2O3S/c1-15-4-2-3-5-22(15)28(32(29,30)18-8-6-17(24)7-9-18)14-16-12-21(26)19(13-20(16)25)23-27-10-11-31-23/h6-13,15,22H,2-5,14H2,1H3/t15-,22-/m1/s1. The van der Waals surface area contributed by atoms with E-state index in [0.717, 1.165) is 31.4 Å². The molecular weight excluding hydrogens is 458 g/mol. The van der Waals surface area contributed by atoms with E-state index >= 15 is 4.39 Å². The highest BCUT2D eigenvalue weighted by Crippen LogP contribution is 2.34. The number of benzene rings is 2. The van der Waals surface area contributed by atoms with E-state index in [-0.39, 0.29) is 40.4 Å². The maximum absolute atomic E-state index is 15.0. The van der Waals surface area contributed by atoms with Crippen LogP contribution in [-0.4, -0.2) is 23.7 Å². The molecule has 0 saturated heterocycles. The third-order valence-corrected chi connectivity index (χ3v) is 8.12. The van der Waals surface area contributed by atoms with Crippen molar-refractivity contribution in [1.82, 2.24) is 9.29 Å². The second-order valence-corrected chi connectivity index (χ2v) is 10.4. The topological polar surface area (TPSA) is 63.4 Å². The summed E-state index contributed by atoms with van der Waals surface area (Å²) in [6.45, 7) is 1.71. The van der Waals surface area contributed by atoms with Gasteiger partial charge in [0.1, 0.15) is 17.9 Å². The summed E-state index contributed by atoms with van der Waals surface area (Å²) < 4.78 is 63.3. The van der Waals surface area contributed by atoms with Crippen molar-refractivity contribution in [2.24, 2.45) is 5.92 Å². The van der Waals surface area contributed by atoms with Crippen molar-refractivity contribution in [2.75, 3.05) is 0 Å². The lowest BCUT2D eigenvalue weighted by atomic mass is 9.86. The van der Waals surface area contributed by atoms with Crippen LogP contribution in [0.4, 0.5) is 8.78 Å². The zero-order valence-corrected chi connectivity index (χ0v) is 19.0. The van der Waals surface area contributed by atoms with Crippen molar-refractivity contribution in [3.63, 3.8) is 0 Å². The van der Waals surface area contributed by atoms with Gasteiger partial charge in [0.25, 0.3) is 0 Å². The highest BCUT2D eigenvalue weighted by atomic mass is 35.5. The van der Waals surface area contributed by atoms with Crippen molar-refractivity contribution in [2.45, 2.75) is 50.1 Å². The van der Waals surface area contributed by atoms with Crippen LogP contribution in [0.3, 0.4) is 0 Å². The van der Waals surface area contributed by atoms with Crippen molar-refractivity contribution in [1.29, 1.82) is 0 Å². The first-order valence-electron chi connectivity index (χ1n) is 10.4. The van der Waals surface area contributed by atoms with Gasteiger partial charge in [-0.1, -0.05) is 31.4 Å². The molecule has 9 heteroatoms. The normalized spacial score (nSPS) is 19.4. The minimum atomic E-state index is -3.98. The molecule has 1 aliphatic carbocycles. The van der Waals surface area contributed by atoms with E-state index in [1.807, 2.05) is 6.92 Å². The number of hydrogen-bond donors (Lipinski definition) is 0. The summed E-state index contributed by atoms with van der Waals surface area (Å²) in [6.07, 6.45) is 6.03. The molecular formula is C23H23ClF2N2O3S. The number of nitrogens with zero attached hydrogens (tertiary/aromatic N) is 2. The number of rotatable bonds is 6. The van der Waals surface area contributed by atoms with Gasteiger partial charge in [0.15, 0.2) is 0 Å². The third kappa shape index (κ3) is 4.58. The molecule has 0 amide bonds. The number of oxazole rings is 1. The quantitative estimate of drug-likeness (QED) is 0.431. The van der Waals surface area contributed by atoms with Gasteiger partial charge in [0.05, 0.1) is 16.7 Å². The molecule has 5 nitrogen and oxygen atoms in total. The number of aromatic nitrogens is 1. The Labute approximate surface area is 191 Å². The third-order valence-electron chi connectivity index (χ3n) is 5.98. The molecule has 1 aromatic heterocycles. The lowest BCUT2D eigenvalue weighted by molar-refractivity contribution is 0.184. The van der Waals surface area contributed by atoms with Crippen LogP contribution < -0.4 is 0 Å². The fourth-order valence-electron chi connectivity index (χ4n) is 4.24.